The number of aromatic amines is 1. The van der Waals surface area contributed by atoms with Gasteiger partial charge in [-0.2, -0.15) is 5.09 Å². The van der Waals surface area contributed by atoms with Gasteiger partial charge < -0.3 is 24.2 Å². The Hall–Kier alpha value is -4.50. The molecule has 4 aromatic rings. The molecule has 1 aliphatic rings. The third-order valence-corrected chi connectivity index (χ3v) is 8.69. The van der Waals surface area contributed by atoms with Gasteiger partial charge in [0, 0.05) is 22.6 Å². The average Bonchev–Trinajstić information content (AvgIpc) is 3.29. The number of hydrogen-bond acceptors (Lipinski definition) is 11. The quantitative estimate of drug-likeness (QED) is 0.0555. The number of halogens is 1. The Bertz CT molecular complexity index is 1930. The van der Waals surface area contributed by atoms with Gasteiger partial charge in [0.25, 0.3) is 5.56 Å². The molecule has 2 heterocycles. The number of nitrogens with one attached hydrogen (secondary N) is 2. The molecule has 1 saturated heterocycles. The van der Waals surface area contributed by atoms with Crippen molar-refractivity contribution in [2.75, 3.05) is 6.61 Å². The summed E-state index contributed by atoms with van der Waals surface area (Å²) in [6, 6.07) is 20.6. The maximum absolute atomic E-state index is 14.4. The molecule has 6 atom stereocenters. The number of aliphatic hydroxyl groups excluding tert-OH is 2. The standard InChI is InChI=1S/C29H29N6O10P.ClH/c1-18(27(39)42-16-19-8-3-2-4-9-19)32-46(41,45-22-13-7-11-20-10-5-6-12-21(20)22)43-17-29(33-34-30)25(38)24(37)26(44-29)35-15-14-23(36)31-28(35)40;/h2-15,18,24-26,37-38H,16-17H2,1H3,(H,32,41)(H,31,36,40);1H/t18-,24-,25+,26+,29+,46?;/m0./s1. The predicted octanol–water partition coefficient (Wildman–Crippen LogP) is 3.29. The SMILES string of the molecule is C[C@H](NP(=O)(OC[C@@]1(N=[N+]=[N-])O[C@@H](n2ccc(=O)[nH]c2=O)[C@@H](O)[C@H]1O)Oc1cccc2ccccc12)C(=O)OCc1ccccc1.Cl. The molecule has 47 heavy (non-hydrogen) atoms. The number of fused-ring (bicyclic) bond motifs is 1. The molecule has 0 spiro atoms. The fourth-order valence-corrected chi connectivity index (χ4v) is 6.28. The van der Waals surface area contributed by atoms with E-state index in [1.807, 2.05) is 11.1 Å². The summed E-state index contributed by atoms with van der Waals surface area (Å²) in [7, 11) is -4.65. The van der Waals surface area contributed by atoms with Crippen LogP contribution in [0.15, 0.2) is 99.8 Å². The molecule has 0 saturated carbocycles. The molecule has 18 heteroatoms. The maximum Gasteiger partial charge on any atom is 0.459 e. The van der Waals surface area contributed by atoms with Crippen molar-refractivity contribution in [3.8, 4) is 5.75 Å². The molecule has 0 amide bonds. The first-order valence-electron chi connectivity index (χ1n) is 13.9. The second kappa shape index (κ2) is 14.9. The van der Waals surface area contributed by atoms with Crippen LogP contribution in [0.4, 0.5) is 0 Å². The molecule has 0 radical (unpaired) electrons. The van der Waals surface area contributed by atoms with Gasteiger partial charge in [-0.05, 0) is 29.5 Å². The average molecular weight is 689 g/mol. The van der Waals surface area contributed by atoms with Gasteiger partial charge in [0.05, 0.1) is 6.61 Å². The van der Waals surface area contributed by atoms with E-state index in [1.54, 1.807) is 60.7 Å². The van der Waals surface area contributed by atoms with E-state index in [0.717, 1.165) is 22.2 Å². The highest BCUT2D eigenvalue weighted by atomic mass is 35.5. The number of aliphatic hydroxyl groups is 2. The highest BCUT2D eigenvalue weighted by molar-refractivity contribution is 7.52. The number of ether oxygens (including phenoxy) is 2. The Morgan fingerprint density at radius 1 is 1.13 bits per heavy atom. The summed E-state index contributed by atoms with van der Waals surface area (Å²) in [5, 5.41) is 29.0. The molecule has 3 aromatic carbocycles. The van der Waals surface area contributed by atoms with E-state index in [1.165, 1.54) is 13.0 Å². The van der Waals surface area contributed by atoms with Crippen molar-refractivity contribution >= 4 is 36.9 Å². The number of hydrogen-bond donors (Lipinski definition) is 4. The summed E-state index contributed by atoms with van der Waals surface area (Å²) in [4.78, 5) is 41.5. The number of benzene rings is 3. The van der Waals surface area contributed by atoms with Gasteiger partial charge in [0.15, 0.2) is 6.23 Å². The molecule has 1 aliphatic heterocycles. The monoisotopic (exact) mass is 688 g/mol. The van der Waals surface area contributed by atoms with Crippen molar-refractivity contribution in [3.63, 3.8) is 0 Å². The number of carbonyl (C=O) groups excluding carboxylic acids is 1. The van der Waals surface area contributed by atoms with Crippen molar-refractivity contribution in [2.24, 2.45) is 5.11 Å². The van der Waals surface area contributed by atoms with Crippen LogP contribution in [0, 0.1) is 0 Å². The minimum Gasteiger partial charge on any atom is -0.460 e. The van der Waals surface area contributed by atoms with Crippen molar-refractivity contribution < 1.29 is 38.1 Å². The Balaban J connectivity index is 0.00000500. The summed E-state index contributed by atoms with van der Waals surface area (Å²) in [6.07, 6.45) is -4.55. The van der Waals surface area contributed by atoms with E-state index in [4.69, 9.17) is 18.5 Å². The van der Waals surface area contributed by atoms with Gasteiger partial charge in [-0.3, -0.25) is 23.7 Å². The summed E-state index contributed by atoms with van der Waals surface area (Å²) in [5.74, 6) is -0.703. The van der Waals surface area contributed by atoms with E-state index >= 15 is 0 Å². The largest absolute Gasteiger partial charge is 0.460 e. The van der Waals surface area contributed by atoms with Gasteiger partial charge in [0.2, 0.25) is 5.72 Å². The Morgan fingerprint density at radius 3 is 2.55 bits per heavy atom. The van der Waals surface area contributed by atoms with Crippen LogP contribution in [-0.2, 0) is 30.0 Å². The topological polar surface area (TPSA) is 227 Å². The van der Waals surface area contributed by atoms with Crippen molar-refractivity contribution in [2.45, 2.75) is 43.7 Å². The molecule has 16 nitrogen and oxygen atoms in total. The fraction of sp³-hybridized carbons (Fsp3) is 0.276. The summed E-state index contributed by atoms with van der Waals surface area (Å²) < 4.78 is 37.7. The van der Waals surface area contributed by atoms with Gasteiger partial charge in [-0.1, -0.05) is 71.8 Å². The lowest BCUT2D eigenvalue weighted by Crippen LogP contribution is -2.45. The number of H-pyrrole nitrogens is 1. The number of rotatable bonds is 12. The molecule has 1 aromatic heterocycles. The molecular weight excluding hydrogens is 659 g/mol. The minimum atomic E-state index is -4.65. The van der Waals surface area contributed by atoms with Gasteiger partial charge in [-0.15, -0.1) is 12.4 Å². The first-order chi connectivity index (χ1) is 22.0. The zero-order valence-corrected chi connectivity index (χ0v) is 26.3. The third-order valence-electron chi connectivity index (χ3n) is 7.08. The fourth-order valence-electron chi connectivity index (χ4n) is 4.74. The molecule has 5 rings (SSSR count). The van der Waals surface area contributed by atoms with E-state index in [9.17, 15) is 34.7 Å². The highest BCUT2D eigenvalue weighted by Crippen LogP contribution is 2.49. The Labute approximate surface area is 272 Å². The van der Waals surface area contributed by atoms with Crippen LogP contribution in [0.3, 0.4) is 0 Å². The van der Waals surface area contributed by atoms with Gasteiger partial charge >= 0.3 is 19.4 Å². The van der Waals surface area contributed by atoms with Crippen LogP contribution >= 0.6 is 20.2 Å². The van der Waals surface area contributed by atoms with E-state index in [2.05, 4.69) is 15.1 Å². The Morgan fingerprint density at radius 2 is 1.83 bits per heavy atom. The van der Waals surface area contributed by atoms with E-state index < -0.39 is 61.8 Å². The minimum absolute atomic E-state index is 0. The smallest absolute Gasteiger partial charge is 0.459 e. The third kappa shape index (κ3) is 7.91. The second-order valence-corrected chi connectivity index (χ2v) is 12.0. The zero-order valence-electron chi connectivity index (χ0n) is 24.6. The molecule has 0 aliphatic carbocycles. The van der Waals surface area contributed by atoms with Gasteiger partial charge in [0.1, 0.15) is 30.6 Å². The lowest BCUT2D eigenvalue weighted by Gasteiger charge is -2.29. The number of carbonyl (C=O) groups is 1. The molecule has 1 unspecified atom stereocenters. The molecular formula is C29H30ClN6O10P. The molecule has 0 bridgehead atoms. The number of nitrogens with zero attached hydrogens (tertiary/aromatic N) is 4. The summed E-state index contributed by atoms with van der Waals surface area (Å²) in [5.41, 5.74) is 5.88. The van der Waals surface area contributed by atoms with Crippen LogP contribution in [-0.4, -0.2) is 56.3 Å². The zero-order chi connectivity index (χ0) is 32.9. The van der Waals surface area contributed by atoms with Crippen LogP contribution in [0.5, 0.6) is 5.75 Å². The first kappa shape index (κ1) is 35.4. The van der Waals surface area contributed by atoms with Crippen LogP contribution in [0.1, 0.15) is 18.7 Å². The van der Waals surface area contributed by atoms with Crippen molar-refractivity contribution in [1.82, 2.24) is 14.6 Å². The van der Waals surface area contributed by atoms with E-state index in [-0.39, 0.29) is 24.8 Å². The van der Waals surface area contributed by atoms with E-state index in [0.29, 0.717) is 10.9 Å². The number of aromatic nitrogens is 2. The van der Waals surface area contributed by atoms with Crippen LogP contribution in [0.25, 0.3) is 21.2 Å². The highest BCUT2D eigenvalue weighted by Gasteiger charge is 2.56. The predicted molar refractivity (Wildman–Crippen MR) is 170 cm³/mol. The molecule has 4 N–H and O–H groups in total. The molecule has 248 valence electrons. The Kier molecular flexibility index (Phi) is 11.2. The lowest BCUT2D eigenvalue weighted by molar-refractivity contribution is -0.146. The number of esters is 1. The second-order valence-electron chi connectivity index (χ2n) is 10.3. The summed E-state index contributed by atoms with van der Waals surface area (Å²) in [6.45, 7) is 0.303. The lowest BCUT2D eigenvalue weighted by atomic mass is 10.1. The number of azide groups is 1. The summed E-state index contributed by atoms with van der Waals surface area (Å²) >= 11 is 0. The normalized spacial score (nSPS) is 22.3. The van der Waals surface area contributed by atoms with Crippen LogP contribution in [0.2, 0.25) is 0 Å². The van der Waals surface area contributed by atoms with Gasteiger partial charge in [-0.25, -0.2) is 9.36 Å². The molecule has 1 fully saturated rings. The van der Waals surface area contributed by atoms with Crippen molar-refractivity contribution in [1.29, 1.82) is 0 Å². The first-order valence-corrected chi connectivity index (χ1v) is 15.4. The van der Waals surface area contributed by atoms with Crippen LogP contribution < -0.4 is 20.9 Å². The van der Waals surface area contributed by atoms with Crippen molar-refractivity contribution in [3.05, 3.63) is 122 Å². The maximum atomic E-state index is 14.4.